The van der Waals surface area contributed by atoms with Crippen LogP contribution in [-0.2, 0) is 30.3 Å². The number of aromatic amines is 2. The number of rotatable bonds is 9. The van der Waals surface area contributed by atoms with Crippen LogP contribution in [0.3, 0.4) is 0 Å². The standard InChI is InChI=1S/C47H60N10O7.5H2S/c1-27(2)38(53-46(60)62-5)44(58)56-20-11-12-36(56)42-48-23-34(51-42)30-15-13-29(14-16-30)32-17-18-33-35-24-49-43(52-35)37-22-31(25-57(37)45(59)39(28(3)4)54-47(61)63-6)64-21-10-8-7-9-19-55-26-50-40(32)41(33)55;;;;;/h13-18,23-24,26-28,31,36-39H,7-12,19-22,25H2,1-6H3,(H,48,51)(H,49,52)(H,53,60)(H,54,61);5*1H2/t31-,36-,37-,38-,39-;;;;;/m0...../s1. The number of carbonyl (C=O) groups excluding carboxylic acids is 4. The molecule has 5 atom stereocenters. The number of likely N-dealkylation sites (tertiary alicyclic amines) is 2. The van der Waals surface area contributed by atoms with Gasteiger partial charge in [0.1, 0.15) is 23.7 Å². The fraction of sp³-hybridized carbons (Fsp3) is 0.511. The van der Waals surface area contributed by atoms with Crippen molar-refractivity contribution in [2.24, 2.45) is 11.8 Å². The molecular formula is C47H70N10O7S5. The highest BCUT2D eigenvalue weighted by atomic mass is 32.1. The lowest BCUT2D eigenvalue weighted by Crippen LogP contribution is -2.51. The molecule has 5 aromatic rings. The molecule has 0 spiro atoms. The van der Waals surface area contributed by atoms with E-state index < -0.39 is 24.3 Å². The molecule has 6 heterocycles. The number of aromatic nitrogens is 6. The predicted molar refractivity (Wildman–Crippen MR) is 292 cm³/mol. The van der Waals surface area contributed by atoms with Gasteiger partial charge >= 0.3 is 12.2 Å². The van der Waals surface area contributed by atoms with E-state index in [1.807, 2.05) is 51.3 Å². The molecule has 4 N–H and O–H groups in total. The molecular weight excluding hydrogens is 977 g/mol. The minimum absolute atomic E-state index is 0. The zero-order valence-corrected chi connectivity index (χ0v) is 45.1. The number of benzene rings is 2. The Morgan fingerprint density at radius 3 is 1.87 bits per heavy atom. The third-order valence-electron chi connectivity index (χ3n) is 12.9. The first-order valence-electron chi connectivity index (χ1n) is 22.6. The molecule has 22 heteroatoms. The van der Waals surface area contributed by atoms with E-state index >= 15 is 0 Å². The van der Waals surface area contributed by atoms with Gasteiger partial charge in [-0.1, -0.05) is 70.9 Å². The number of carbonyl (C=O) groups is 4. The molecule has 4 amide bonds. The average Bonchev–Trinajstić information content (AvgIpc) is 4.16. The Labute approximate surface area is 439 Å². The Bertz CT molecular complexity index is 2480. The second-order valence-electron chi connectivity index (χ2n) is 17.8. The molecule has 0 saturated carbocycles. The summed E-state index contributed by atoms with van der Waals surface area (Å²) in [6.07, 6.45) is 10.3. The summed E-state index contributed by atoms with van der Waals surface area (Å²) >= 11 is 0. The number of amides is 4. The van der Waals surface area contributed by atoms with E-state index in [4.69, 9.17) is 29.2 Å². The number of alkyl carbamates (subject to hydrolysis) is 2. The van der Waals surface area contributed by atoms with Crippen molar-refractivity contribution in [1.29, 1.82) is 0 Å². The number of imidazole rings is 3. The van der Waals surface area contributed by atoms with Crippen LogP contribution in [0, 0.1) is 11.8 Å². The summed E-state index contributed by atoms with van der Waals surface area (Å²) in [6.45, 7) is 10.00. The van der Waals surface area contributed by atoms with E-state index in [0.717, 1.165) is 89.7 Å². The van der Waals surface area contributed by atoms with E-state index in [0.29, 0.717) is 37.8 Å². The van der Waals surface area contributed by atoms with Crippen molar-refractivity contribution in [2.45, 2.75) is 109 Å². The number of fused-ring (bicyclic) bond motifs is 6. The highest BCUT2D eigenvalue weighted by molar-refractivity contribution is 7.60. The molecule has 69 heavy (non-hydrogen) atoms. The molecule has 4 bridgehead atoms. The molecule has 0 unspecified atom stereocenters. The van der Waals surface area contributed by atoms with Gasteiger partial charge in [-0.25, -0.2) is 24.5 Å². The quantitative estimate of drug-likeness (QED) is 0.113. The van der Waals surface area contributed by atoms with Gasteiger partial charge in [0.15, 0.2) is 0 Å². The monoisotopic (exact) mass is 1050 g/mol. The number of H-pyrrole nitrogens is 2. The molecule has 2 fully saturated rings. The molecule has 380 valence electrons. The topological polar surface area (TPSA) is 202 Å². The first-order chi connectivity index (χ1) is 30.9. The molecule has 3 aliphatic rings. The second-order valence-corrected chi connectivity index (χ2v) is 17.8. The Hall–Kier alpha value is -4.48. The Kier molecular flexibility index (Phi) is 22.3. The number of nitrogens with one attached hydrogen (secondary N) is 4. The van der Waals surface area contributed by atoms with Gasteiger partial charge in [0, 0.05) is 43.8 Å². The van der Waals surface area contributed by atoms with E-state index in [2.05, 4.69) is 61.6 Å². The minimum Gasteiger partial charge on any atom is -0.453 e. The van der Waals surface area contributed by atoms with Crippen LogP contribution in [0.5, 0.6) is 0 Å². The van der Waals surface area contributed by atoms with Gasteiger partial charge in [0.2, 0.25) is 11.8 Å². The summed E-state index contributed by atoms with van der Waals surface area (Å²) < 4.78 is 18.2. The largest absolute Gasteiger partial charge is 0.453 e. The maximum absolute atomic E-state index is 14.2. The van der Waals surface area contributed by atoms with Crippen molar-refractivity contribution in [3.8, 4) is 33.6 Å². The van der Waals surface area contributed by atoms with Gasteiger partial charge in [-0.3, -0.25) is 9.59 Å². The zero-order valence-electron chi connectivity index (χ0n) is 40.1. The zero-order chi connectivity index (χ0) is 45.1. The van der Waals surface area contributed by atoms with E-state index in [9.17, 15) is 19.2 Å². The highest BCUT2D eigenvalue weighted by Crippen LogP contribution is 2.39. The lowest BCUT2D eigenvalue weighted by atomic mass is 9.98. The number of ether oxygens (including phenoxy) is 3. The summed E-state index contributed by atoms with van der Waals surface area (Å²) in [5.74, 6) is 0.732. The highest BCUT2D eigenvalue weighted by Gasteiger charge is 2.42. The minimum atomic E-state index is -0.771. The van der Waals surface area contributed by atoms with E-state index in [-0.39, 0.29) is 109 Å². The van der Waals surface area contributed by atoms with Crippen molar-refractivity contribution in [3.05, 3.63) is 66.8 Å². The predicted octanol–water partition coefficient (Wildman–Crippen LogP) is 7.70. The maximum Gasteiger partial charge on any atom is 0.407 e. The van der Waals surface area contributed by atoms with Gasteiger partial charge in [-0.2, -0.15) is 67.5 Å². The van der Waals surface area contributed by atoms with Crippen LogP contribution in [0.4, 0.5) is 9.59 Å². The van der Waals surface area contributed by atoms with Crippen LogP contribution < -0.4 is 10.6 Å². The molecule has 8 rings (SSSR count). The summed E-state index contributed by atoms with van der Waals surface area (Å²) in [5, 5.41) is 5.46. The number of methoxy groups -OCH3 is 2. The van der Waals surface area contributed by atoms with Crippen LogP contribution in [-0.4, -0.2) is 115 Å². The van der Waals surface area contributed by atoms with Crippen molar-refractivity contribution < 1.29 is 33.4 Å². The van der Waals surface area contributed by atoms with Crippen LogP contribution in [0.25, 0.3) is 44.7 Å². The van der Waals surface area contributed by atoms with Crippen molar-refractivity contribution in [2.75, 3.05) is 33.9 Å². The summed E-state index contributed by atoms with van der Waals surface area (Å²) in [4.78, 5) is 77.5. The molecule has 17 nitrogen and oxygen atoms in total. The van der Waals surface area contributed by atoms with Gasteiger partial charge in [0.05, 0.1) is 73.5 Å². The molecule has 2 aromatic carbocycles. The fourth-order valence-corrected chi connectivity index (χ4v) is 9.41. The van der Waals surface area contributed by atoms with Gasteiger partial charge in [-0.15, -0.1) is 0 Å². The first kappa shape index (κ1) is 58.8. The Balaban J connectivity index is 0.00000252. The number of hydrogen-bond acceptors (Lipinski definition) is 10. The lowest BCUT2D eigenvalue weighted by molar-refractivity contribution is -0.136. The molecule has 3 aliphatic heterocycles. The Morgan fingerprint density at radius 1 is 0.667 bits per heavy atom. The fourth-order valence-electron chi connectivity index (χ4n) is 9.41. The van der Waals surface area contributed by atoms with Crippen LogP contribution in [0.15, 0.2) is 55.1 Å². The van der Waals surface area contributed by atoms with Gasteiger partial charge in [-0.05, 0) is 54.7 Å². The maximum atomic E-state index is 14.2. The average molecular weight is 1050 g/mol. The molecule has 3 aromatic heterocycles. The second kappa shape index (κ2) is 26.1. The molecule has 0 radical (unpaired) electrons. The van der Waals surface area contributed by atoms with Crippen LogP contribution in [0.2, 0.25) is 0 Å². The Morgan fingerprint density at radius 2 is 1.23 bits per heavy atom. The van der Waals surface area contributed by atoms with E-state index in [1.54, 1.807) is 4.90 Å². The van der Waals surface area contributed by atoms with Gasteiger partial charge < -0.3 is 49.2 Å². The van der Waals surface area contributed by atoms with E-state index in [1.165, 1.54) is 14.2 Å². The smallest absolute Gasteiger partial charge is 0.407 e. The first-order valence-corrected chi connectivity index (χ1v) is 22.6. The molecule has 0 aliphatic carbocycles. The third-order valence-corrected chi connectivity index (χ3v) is 12.9. The summed E-state index contributed by atoms with van der Waals surface area (Å²) in [5.41, 5.74) is 7.45. The molecule has 2 saturated heterocycles. The third kappa shape index (κ3) is 12.7. The van der Waals surface area contributed by atoms with Crippen molar-refractivity contribution in [3.63, 3.8) is 0 Å². The number of aryl methyl sites for hydroxylation is 1. The van der Waals surface area contributed by atoms with Crippen LogP contribution >= 0.6 is 67.5 Å². The SMILES string of the molecule is COC(=O)N[C@H](C(=O)N1CCC[C@H]1c1ncc(-c2ccc(-c3ccc4c5c3ncn5CCCCCCO[C@H]3C[C@@H](c5ncc-4[nH]5)N(C(=O)[C@@H](NC(=O)OC)C(C)C)C3)cc2)[nH]1)C(C)C.S.S.S.S.S. The summed E-state index contributed by atoms with van der Waals surface area (Å²) in [7, 11) is 2.58. The normalized spacial score (nSPS) is 18.6. The van der Waals surface area contributed by atoms with Crippen molar-refractivity contribution >= 4 is 103 Å². The van der Waals surface area contributed by atoms with Gasteiger partial charge in [0.25, 0.3) is 0 Å². The summed E-state index contributed by atoms with van der Waals surface area (Å²) in [6, 6.07) is 10.4. The lowest BCUT2D eigenvalue weighted by Gasteiger charge is -2.30. The number of nitrogens with zero attached hydrogens (tertiary/aromatic N) is 6. The number of hydrogen-bond donors (Lipinski definition) is 4. The van der Waals surface area contributed by atoms with Crippen LogP contribution in [0.1, 0.15) is 96.4 Å². The van der Waals surface area contributed by atoms with Crippen molar-refractivity contribution in [1.82, 2.24) is 49.9 Å².